The van der Waals surface area contributed by atoms with E-state index in [9.17, 15) is 11.8 Å². The van der Waals surface area contributed by atoms with Crippen molar-refractivity contribution in [2.45, 2.75) is 0 Å². The number of furan rings is 2. The summed E-state index contributed by atoms with van der Waals surface area (Å²) in [6.45, 7) is 9.73. The molecule has 0 amide bonds. The van der Waals surface area contributed by atoms with Gasteiger partial charge in [0.2, 0.25) is 5.69 Å². The van der Waals surface area contributed by atoms with Crippen LogP contribution in [0.4, 0.5) is 5.69 Å². The van der Waals surface area contributed by atoms with Gasteiger partial charge < -0.3 is 18.0 Å². The quantitative estimate of drug-likeness (QED) is 0.165. The molecule has 0 saturated carbocycles. The largest absolute Gasteiger partial charge is 0.456 e. The van der Waals surface area contributed by atoms with Crippen LogP contribution in [0.5, 0.6) is 0 Å². The second-order valence-corrected chi connectivity index (χ2v) is 21.7. The van der Waals surface area contributed by atoms with Gasteiger partial charge in [-0.1, -0.05) is 133 Å². The zero-order valence-corrected chi connectivity index (χ0v) is 41.7. The number of para-hydroxylation sites is 4. The van der Waals surface area contributed by atoms with Crippen LogP contribution in [0.1, 0.15) is 5.56 Å². The van der Waals surface area contributed by atoms with Crippen molar-refractivity contribution in [3.8, 4) is 39.7 Å². The van der Waals surface area contributed by atoms with Gasteiger partial charge in [-0.3, -0.25) is 0 Å². The number of nitriles is 1. The Morgan fingerprint density at radius 3 is 1.33 bits per heavy atom. The number of hydrogen-bond acceptors (Lipinski definition) is 5. The van der Waals surface area contributed by atoms with E-state index >= 15 is 0 Å². The molecular weight excluding hydrogens is 969 g/mol. The van der Waals surface area contributed by atoms with E-state index in [1.807, 2.05) is 60.7 Å². The first-order valence-corrected chi connectivity index (χ1v) is 26.8. The summed E-state index contributed by atoms with van der Waals surface area (Å²) in [6.07, 6.45) is 0. The van der Waals surface area contributed by atoms with E-state index in [2.05, 4.69) is 161 Å². The fourth-order valence-electron chi connectivity index (χ4n) is 12.7. The normalized spacial score (nSPS) is 12.2. The van der Waals surface area contributed by atoms with Gasteiger partial charge in [0.15, 0.2) is 0 Å². The van der Waals surface area contributed by atoms with Crippen LogP contribution in [0.15, 0.2) is 215 Å². The first-order valence-electron chi connectivity index (χ1n) is 25.2. The molecule has 0 N–H and O–H groups in total. The van der Waals surface area contributed by atoms with E-state index in [0.717, 1.165) is 102 Å². The van der Waals surface area contributed by atoms with Crippen molar-refractivity contribution >= 4 is 156 Å². The molecule has 0 atom stereocenters. The fraction of sp³-hybridized carbons (Fsp3) is 0. The van der Waals surface area contributed by atoms with Crippen LogP contribution in [0.3, 0.4) is 0 Å². The summed E-state index contributed by atoms with van der Waals surface area (Å²) in [6, 6.07) is 75.0. The lowest BCUT2D eigenvalue weighted by atomic mass is 9.86. The maximum Gasteiger partial charge on any atom is 0.220 e. The average molecular weight is 1000 g/mol. The first-order chi connectivity index (χ1) is 37.6. The number of fused-ring (bicyclic) bond motifs is 18. The molecule has 8 heteroatoms. The lowest BCUT2D eigenvalue weighted by Gasteiger charge is -2.26. The minimum atomic E-state index is 0.352. The molecule has 0 radical (unpaired) electrons. The van der Waals surface area contributed by atoms with E-state index in [-0.39, 0.29) is 0 Å². The zero-order valence-electron chi connectivity index (χ0n) is 40.1. The zero-order chi connectivity index (χ0) is 49.9. The van der Waals surface area contributed by atoms with Crippen LogP contribution in [-0.2, 0) is 0 Å². The van der Waals surface area contributed by atoms with E-state index in [1.165, 1.54) is 30.9 Å². The number of benzene rings is 11. The summed E-state index contributed by atoms with van der Waals surface area (Å²) in [5.41, 5.74) is 11.6. The van der Waals surface area contributed by atoms with E-state index < -0.39 is 0 Å². The molecule has 0 aliphatic carbocycles. The third kappa shape index (κ3) is 5.45. The van der Waals surface area contributed by atoms with Gasteiger partial charge in [-0.15, -0.1) is 22.7 Å². The fourth-order valence-corrected chi connectivity index (χ4v) is 15.0. The summed E-state index contributed by atoms with van der Waals surface area (Å²) in [4.78, 5) is 4.74. The molecule has 6 heterocycles. The molecule has 17 rings (SSSR count). The van der Waals surface area contributed by atoms with Crippen LogP contribution in [0.25, 0.3) is 166 Å². The number of nitrogens with zero attached hydrogens (tertiary/aromatic N) is 4. The Kier molecular flexibility index (Phi) is 8.36. The summed E-state index contributed by atoms with van der Waals surface area (Å²) in [5.74, 6) is 0. The van der Waals surface area contributed by atoms with Gasteiger partial charge >= 0.3 is 0 Å². The molecule has 0 bridgehead atoms. The van der Waals surface area contributed by atoms with Crippen molar-refractivity contribution in [3.63, 3.8) is 0 Å². The van der Waals surface area contributed by atoms with Crippen molar-refractivity contribution in [2.24, 2.45) is 0 Å². The monoisotopic (exact) mass is 1000 g/mol. The number of thiophene rings is 2. The highest BCUT2D eigenvalue weighted by molar-refractivity contribution is 7.26. The lowest BCUT2D eigenvalue weighted by molar-refractivity contribution is 0.668. The summed E-state index contributed by atoms with van der Waals surface area (Å²) < 4.78 is 22.7. The maximum atomic E-state index is 12.5. The highest BCUT2D eigenvalue weighted by Gasteiger charge is 2.34. The standard InChI is InChI=1S/C68H34N4O2S2/c1-70-66-64(43-22-14-28-56-62(43)41-20-4-10-26-54(41)73-56)49(36-69)67(71-50-24-8-2-16-37(50)45-32-47-39-18-6-12-30-58(39)75-60(47)34-52(45)71)65(44-23-15-29-57-63(44)42-21-5-11-27-55(42)74-57)68(66)72-51-25-9-3-17-38(51)46-33-48-40-19-7-13-31-59(40)76-61(48)35-53(46)72/h2-35H. The molecule has 0 aliphatic rings. The van der Waals surface area contributed by atoms with Crippen LogP contribution in [0, 0.1) is 17.9 Å². The summed E-state index contributed by atoms with van der Waals surface area (Å²) in [5, 5.41) is 25.1. The van der Waals surface area contributed by atoms with E-state index in [0.29, 0.717) is 39.4 Å². The Morgan fingerprint density at radius 2 is 0.816 bits per heavy atom. The Bertz CT molecular complexity index is 5300. The highest BCUT2D eigenvalue weighted by Crippen LogP contribution is 2.56. The molecule has 0 saturated heterocycles. The molecule has 350 valence electrons. The van der Waals surface area contributed by atoms with Crippen LogP contribution in [-0.4, -0.2) is 9.13 Å². The van der Waals surface area contributed by atoms with Gasteiger partial charge in [0.25, 0.3) is 0 Å². The number of hydrogen-bond donors (Lipinski definition) is 0. The molecule has 0 aliphatic heterocycles. The van der Waals surface area contributed by atoms with Gasteiger partial charge in [0.1, 0.15) is 28.4 Å². The second-order valence-electron chi connectivity index (χ2n) is 19.6. The third-order valence-electron chi connectivity index (χ3n) is 15.8. The Balaban J connectivity index is 1.17. The van der Waals surface area contributed by atoms with Crippen molar-refractivity contribution in [2.75, 3.05) is 0 Å². The topological polar surface area (TPSA) is 64.3 Å². The Morgan fingerprint density at radius 1 is 0.382 bits per heavy atom. The van der Waals surface area contributed by atoms with Gasteiger partial charge in [0.05, 0.1) is 45.6 Å². The van der Waals surface area contributed by atoms with Crippen molar-refractivity contribution in [3.05, 3.63) is 223 Å². The summed E-state index contributed by atoms with van der Waals surface area (Å²) >= 11 is 3.56. The third-order valence-corrected chi connectivity index (χ3v) is 18.0. The first kappa shape index (κ1) is 41.5. The molecule has 17 aromatic rings. The number of aromatic nitrogens is 2. The highest BCUT2D eigenvalue weighted by atomic mass is 32.1. The predicted molar refractivity (Wildman–Crippen MR) is 317 cm³/mol. The molecule has 11 aromatic carbocycles. The molecule has 6 nitrogen and oxygen atoms in total. The predicted octanol–water partition coefficient (Wildman–Crippen LogP) is 20.2. The minimum absolute atomic E-state index is 0.352. The smallest absolute Gasteiger partial charge is 0.220 e. The molecule has 6 aromatic heterocycles. The number of rotatable bonds is 4. The van der Waals surface area contributed by atoms with Gasteiger partial charge in [-0.2, -0.15) is 5.26 Å². The average Bonchev–Trinajstić information content (AvgIpc) is 4.48. The lowest BCUT2D eigenvalue weighted by Crippen LogP contribution is -2.09. The SMILES string of the molecule is [C-]#[N+]c1c(-c2cccc3oc4ccccc4c23)c(C#N)c(-n2c3ccccc3c3cc4c(cc32)sc2ccccc24)c(-c2cccc3oc4ccccc4c23)c1-n1c2ccccc2c2cc3c(cc21)sc1ccccc13. The molecular formula is C68H34N4O2S2. The molecule has 0 fully saturated rings. The van der Waals surface area contributed by atoms with Crippen molar-refractivity contribution in [1.82, 2.24) is 9.13 Å². The molecule has 0 unspecified atom stereocenters. The van der Waals surface area contributed by atoms with Crippen LogP contribution < -0.4 is 0 Å². The van der Waals surface area contributed by atoms with Gasteiger partial charge in [0, 0.05) is 94.6 Å². The molecule has 0 spiro atoms. The molecule has 76 heavy (non-hydrogen) atoms. The Labute approximate surface area is 439 Å². The second kappa shape index (κ2) is 15.3. The minimum Gasteiger partial charge on any atom is -0.456 e. The van der Waals surface area contributed by atoms with E-state index in [4.69, 9.17) is 13.7 Å². The van der Waals surface area contributed by atoms with Crippen molar-refractivity contribution < 1.29 is 8.83 Å². The van der Waals surface area contributed by atoms with Gasteiger partial charge in [-0.05, 0) is 83.9 Å². The van der Waals surface area contributed by atoms with Gasteiger partial charge in [-0.25, -0.2) is 4.85 Å². The Hall–Kier alpha value is -9.96. The van der Waals surface area contributed by atoms with Crippen LogP contribution >= 0.6 is 22.7 Å². The maximum absolute atomic E-state index is 12.5. The van der Waals surface area contributed by atoms with E-state index in [1.54, 1.807) is 22.7 Å². The van der Waals surface area contributed by atoms with Crippen molar-refractivity contribution in [1.29, 1.82) is 5.26 Å². The van der Waals surface area contributed by atoms with Crippen LogP contribution in [0.2, 0.25) is 0 Å². The summed E-state index contributed by atoms with van der Waals surface area (Å²) in [7, 11) is 0.